The number of likely N-dealkylation sites (tertiary alicyclic amines) is 1. The number of primary amides is 1. The number of rotatable bonds is 3. The van der Waals surface area contributed by atoms with E-state index in [0.29, 0.717) is 6.42 Å². The second kappa shape index (κ2) is 4.42. The summed E-state index contributed by atoms with van der Waals surface area (Å²) in [5.74, 6) is -0.228. The van der Waals surface area contributed by atoms with Crippen LogP contribution in [0.25, 0.3) is 0 Å². The molecular formula is C8H17N3O. The van der Waals surface area contributed by atoms with E-state index in [-0.39, 0.29) is 11.9 Å². The minimum Gasteiger partial charge on any atom is -0.370 e. The third-order valence-electron chi connectivity index (χ3n) is 2.22. The standard InChI is InChI=1S/C8H17N3O/c9-7-2-1-4-11(6-7)5-3-8(10)12/h7H,1-6,9H2,(H2,10,12)/t7-/m1/s1. The van der Waals surface area contributed by atoms with Crippen LogP contribution in [0.3, 0.4) is 0 Å². The fraction of sp³-hybridized carbons (Fsp3) is 0.875. The van der Waals surface area contributed by atoms with Crippen molar-refractivity contribution in [2.24, 2.45) is 11.5 Å². The molecule has 0 aliphatic carbocycles. The fourth-order valence-electron chi connectivity index (χ4n) is 1.56. The van der Waals surface area contributed by atoms with Gasteiger partial charge in [-0.05, 0) is 19.4 Å². The number of piperidine rings is 1. The lowest BCUT2D eigenvalue weighted by atomic mass is 10.1. The number of nitrogens with two attached hydrogens (primary N) is 2. The van der Waals surface area contributed by atoms with E-state index in [0.717, 1.165) is 32.5 Å². The molecule has 1 aliphatic heterocycles. The first-order valence-corrected chi connectivity index (χ1v) is 4.44. The highest BCUT2D eigenvalue weighted by molar-refractivity contribution is 5.73. The summed E-state index contributed by atoms with van der Waals surface area (Å²) in [5, 5.41) is 0. The van der Waals surface area contributed by atoms with Gasteiger partial charge in [0.1, 0.15) is 0 Å². The van der Waals surface area contributed by atoms with Gasteiger partial charge >= 0.3 is 0 Å². The van der Waals surface area contributed by atoms with Crippen LogP contribution in [0.5, 0.6) is 0 Å². The highest BCUT2D eigenvalue weighted by Gasteiger charge is 2.16. The molecule has 12 heavy (non-hydrogen) atoms. The number of carbonyl (C=O) groups excluding carboxylic acids is 1. The van der Waals surface area contributed by atoms with E-state index in [1.807, 2.05) is 0 Å². The molecule has 0 radical (unpaired) electrons. The zero-order valence-corrected chi connectivity index (χ0v) is 7.33. The Bertz CT molecular complexity index is 160. The molecule has 70 valence electrons. The van der Waals surface area contributed by atoms with Gasteiger partial charge in [0.2, 0.25) is 5.91 Å². The van der Waals surface area contributed by atoms with Gasteiger partial charge in [0.05, 0.1) is 0 Å². The largest absolute Gasteiger partial charge is 0.370 e. The summed E-state index contributed by atoms with van der Waals surface area (Å²) in [6.07, 6.45) is 2.69. The SMILES string of the molecule is NC(=O)CCN1CCC[C@@H](N)C1. The van der Waals surface area contributed by atoms with Crippen molar-refractivity contribution < 1.29 is 4.79 Å². The van der Waals surface area contributed by atoms with Crippen molar-refractivity contribution in [2.45, 2.75) is 25.3 Å². The van der Waals surface area contributed by atoms with Crippen LogP contribution in [0.1, 0.15) is 19.3 Å². The first-order chi connectivity index (χ1) is 5.68. The van der Waals surface area contributed by atoms with Crippen LogP contribution in [-0.2, 0) is 4.79 Å². The van der Waals surface area contributed by atoms with Gasteiger partial charge in [0, 0.05) is 25.6 Å². The van der Waals surface area contributed by atoms with Crippen LogP contribution >= 0.6 is 0 Å². The molecule has 1 aliphatic rings. The van der Waals surface area contributed by atoms with Crippen molar-refractivity contribution in [3.63, 3.8) is 0 Å². The Balaban J connectivity index is 2.18. The summed E-state index contributed by atoms with van der Waals surface area (Å²) in [6.45, 7) is 2.73. The van der Waals surface area contributed by atoms with E-state index >= 15 is 0 Å². The van der Waals surface area contributed by atoms with Crippen LogP contribution in [0.4, 0.5) is 0 Å². The van der Waals surface area contributed by atoms with Gasteiger partial charge in [-0.3, -0.25) is 4.79 Å². The molecule has 1 amide bonds. The molecule has 1 fully saturated rings. The van der Waals surface area contributed by atoms with E-state index in [1.165, 1.54) is 0 Å². The molecule has 0 aromatic heterocycles. The number of amides is 1. The topological polar surface area (TPSA) is 72.4 Å². The molecule has 1 heterocycles. The maximum atomic E-state index is 10.5. The maximum absolute atomic E-state index is 10.5. The van der Waals surface area contributed by atoms with Crippen molar-refractivity contribution in [1.82, 2.24) is 4.90 Å². The molecule has 1 rings (SSSR count). The zero-order chi connectivity index (χ0) is 8.97. The zero-order valence-electron chi connectivity index (χ0n) is 7.33. The molecule has 1 atom stereocenters. The monoisotopic (exact) mass is 171 g/mol. The average molecular weight is 171 g/mol. The predicted molar refractivity (Wildman–Crippen MR) is 47.5 cm³/mol. The lowest BCUT2D eigenvalue weighted by Crippen LogP contribution is -2.43. The van der Waals surface area contributed by atoms with Gasteiger partial charge in [-0.1, -0.05) is 0 Å². The van der Waals surface area contributed by atoms with Crippen molar-refractivity contribution in [3.05, 3.63) is 0 Å². The lowest BCUT2D eigenvalue weighted by Gasteiger charge is -2.30. The Morgan fingerprint density at radius 1 is 1.58 bits per heavy atom. The fourth-order valence-corrected chi connectivity index (χ4v) is 1.56. The third-order valence-corrected chi connectivity index (χ3v) is 2.22. The third kappa shape index (κ3) is 3.19. The van der Waals surface area contributed by atoms with E-state index in [9.17, 15) is 4.79 Å². The molecule has 0 bridgehead atoms. The van der Waals surface area contributed by atoms with Gasteiger partial charge in [-0.15, -0.1) is 0 Å². The van der Waals surface area contributed by atoms with Gasteiger partial charge in [0.25, 0.3) is 0 Å². The first-order valence-electron chi connectivity index (χ1n) is 4.44. The van der Waals surface area contributed by atoms with Gasteiger partial charge in [-0.2, -0.15) is 0 Å². The summed E-state index contributed by atoms with van der Waals surface area (Å²) in [6, 6.07) is 0.284. The van der Waals surface area contributed by atoms with Crippen LogP contribution in [0, 0.1) is 0 Å². The second-order valence-corrected chi connectivity index (χ2v) is 3.42. The molecule has 0 aromatic rings. The molecule has 0 aromatic carbocycles. The van der Waals surface area contributed by atoms with Crippen molar-refractivity contribution in [2.75, 3.05) is 19.6 Å². The molecule has 4 nitrogen and oxygen atoms in total. The summed E-state index contributed by atoms with van der Waals surface area (Å²) in [5.41, 5.74) is 10.8. The highest BCUT2D eigenvalue weighted by atomic mass is 16.1. The number of hydrogen-bond acceptors (Lipinski definition) is 3. The molecular weight excluding hydrogens is 154 g/mol. The van der Waals surface area contributed by atoms with Gasteiger partial charge in [-0.25, -0.2) is 0 Å². The van der Waals surface area contributed by atoms with Gasteiger partial charge < -0.3 is 16.4 Å². The molecule has 0 spiro atoms. The summed E-state index contributed by atoms with van der Waals surface area (Å²) >= 11 is 0. The number of hydrogen-bond donors (Lipinski definition) is 2. The minimum absolute atomic E-state index is 0.228. The molecule has 4 heteroatoms. The summed E-state index contributed by atoms with van der Waals surface area (Å²) < 4.78 is 0. The predicted octanol–water partition coefficient (Wildman–Crippen LogP) is -0.715. The van der Waals surface area contributed by atoms with Crippen molar-refractivity contribution in [3.8, 4) is 0 Å². The minimum atomic E-state index is -0.228. The van der Waals surface area contributed by atoms with Crippen LogP contribution in [0.2, 0.25) is 0 Å². The molecule has 0 unspecified atom stereocenters. The summed E-state index contributed by atoms with van der Waals surface area (Å²) in [7, 11) is 0. The van der Waals surface area contributed by atoms with Crippen LogP contribution in [-0.4, -0.2) is 36.5 Å². The normalized spacial score (nSPS) is 25.6. The Morgan fingerprint density at radius 3 is 2.92 bits per heavy atom. The quantitative estimate of drug-likeness (QED) is 0.589. The van der Waals surface area contributed by atoms with Crippen LogP contribution < -0.4 is 11.5 Å². The van der Waals surface area contributed by atoms with Crippen LogP contribution in [0.15, 0.2) is 0 Å². The Morgan fingerprint density at radius 2 is 2.33 bits per heavy atom. The molecule has 4 N–H and O–H groups in total. The highest BCUT2D eigenvalue weighted by Crippen LogP contribution is 2.07. The Hall–Kier alpha value is -0.610. The van der Waals surface area contributed by atoms with E-state index in [2.05, 4.69) is 4.90 Å². The summed E-state index contributed by atoms with van der Waals surface area (Å²) in [4.78, 5) is 12.7. The van der Waals surface area contributed by atoms with E-state index < -0.39 is 0 Å². The Kier molecular flexibility index (Phi) is 3.49. The first kappa shape index (κ1) is 9.48. The van der Waals surface area contributed by atoms with Crippen molar-refractivity contribution >= 4 is 5.91 Å². The second-order valence-electron chi connectivity index (χ2n) is 3.42. The van der Waals surface area contributed by atoms with Crippen molar-refractivity contribution in [1.29, 1.82) is 0 Å². The van der Waals surface area contributed by atoms with E-state index in [1.54, 1.807) is 0 Å². The molecule has 0 saturated carbocycles. The lowest BCUT2D eigenvalue weighted by molar-refractivity contribution is -0.118. The Labute approximate surface area is 72.9 Å². The number of carbonyl (C=O) groups is 1. The smallest absolute Gasteiger partial charge is 0.218 e. The molecule has 1 saturated heterocycles. The average Bonchev–Trinajstić information content (AvgIpc) is 2.01. The number of nitrogens with zero attached hydrogens (tertiary/aromatic N) is 1. The maximum Gasteiger partial charge on any atom is 0.218 e. The van der Waals surface area contributed by atoms with Gasteiger partial charge in [0.15, 0.2) is 0 Å². The van der Waals surface area contributed by atoms with E-state index in [4.69, 9.17) is 11.5 Å².